The van der Waals surface area contributed by atoms with Crippen LogP contribution < -0.4 is 5.32 Å². The maximum absolute atomic E-state index is 11.8. The van der Waals surface area contributed by atoms with Crippen LogP contribution in [0.1, 0.15) is 10.4 Å². The minimum absolute atomic E-state index is 0.289. The molecule has 1 aromatic carbocycles. The largest absolute Gasteiger partial charge is 0.291 e. The molecule has 0 aliphatic rings. The van der Waals surface area contributed by atoms with Gasteiger partial charge in [0, 0.05) is 9.50 Å². The summed E-state index contributed by atoms with van der Waals surface area (Å²) in [7, 11) is 0. The fraction of sp³-hybridized carbons (Fsp3) is 0. The number of amides is 1. The van der Waals surface area contributed by atoms with E-state index in [4.69, 9.17) is 11.6 Å². The van der Waals surface area contributed by atoms with Crippen LogP contribution in [0.2, 0.25) is 5.02 Å². The molecule has 2 aromatic rings. The van der Waals surface area contributed by atoms with Gasteiger partial charge in [-0.2, -0.15) is 10.1 Å². The molecule has 2 rings (SSSR count). The Morgan fingerprint density at radius 3 is 3.00 bits per heavy atom. The summed E-state index contributed by atoms with van der Waals surface area (Å²) in [6, 6.07) is 4.96. The van der Waals surface area contributed by atoms with Gasteiger partial charge in [-0.1, -0.05) is 11.6 Å². The standard InChI is InChI=1S/C9H6BrClN4O/c10-7-2-1-5(11)3-6(7)8(16)14-9-12-4-13-15-9/h1-4H,(H2,12,13,14,15,16). The lowest BCUT2D eigenvalue weighted by molar-refractivity contribution is 0.102. The van der Waals surface area contributed by atoms with Gasteiger partial charge in [-0.25, -0.2) is 5.10 Å². The molecular formula is C9H6BrClN4O. The summed E-state index contributed by atoms with van der Waals surface area (Å²) < 4.78 is 0.661. The predicted octanol–water partition coefficient (Wildman–Crippen LogP) is 2.47. The van der Waals surface area contributed by atoms with E-state index in [0.717, 1.165) is 0 Å². The summed E-state index contributed by atoms with van der Waals surface area (Å²) in [5.41, 5.74) is 0.434. The molecule has 0 spiro atoms. The zero-order valence-corrected chi connectivity index (χ0v) is 10.2. The quantitative estimate of drug-likeness (QED) is 0.895. The van der Waals surface area contributed by atoms with Crippen LogP contribution >= 0.6 is 27.5 Å². The van der Waals surface area contributed by atoms with Crippen molar-refractivity contribution in [2.75, 3.05) is 5.32 Å². The van der Waals surface area contributed by atoms with Gasteiger partial charge in [0.05, 0.1) is 5.56 Å². The summed E-state index contributed by atoms with van der Waals surface area (Å²) in [6.45, 7) is 0. The van der Waals surface area contributed by atoms with Gasteiger partial charge in [0.15, 0.2) is 0 Å². The van der Waals surface area contributed by atoms with Gasteiger partial charge >= 0.3 is 0 Å². The molecule has 1 aromatic heterocycles. The van der Waals surface area contributed by atoms with Crippen molar-refractivity contribution in [3.63, 3.8) is 0 Å². The molecule has 0 bridgehead atoms. The highest BCUT2D eigenvalue weighted by atomic mass is 79.9. The van der Waals surface area contributed by atoms with Crippen LogP contribution in [0.4, 0.5) is 5.95 Å². The fourth-order valence-corrected chi connectivity index (χ4v) is 1.71. The zero-order valence-electron chi connectivity index (χ0n) is 7.87. The molecule has 1 amide bonds. The maximum atomic E-state index is 11.8. The van der Waals surface area contributed by atoms with Gasteiger partial charge in [-0.3, -0.25) is 10.1 Å². The fourth-order valence-electron chi connectivity index (χ4n) is 1.11. The number of halogens is 2. The smallest absolute Gasteiger partial charge is 0.259 e. The molecule has 0 atom stereocenters. The van der Waals surface area contributed by atoms with E-state index < -0.39 is 0 Å². The second-order valence-electron chi connectivity index (χ2n) is 2.91. The molecule has 0 saturated carbocycles. The highest BCUT2D eigenvalue weighted by molar-refractivity contribution is 9.10. The van der Waals surface area contributed by atoms with Crippen molar-refractivity contribution in [3.8, 4) is 0 Å². The highest BCUT2D eigenvalue weighted by Crippen LogP contribution is 2.21. The van der Waals surface area contributed by atoms with Crippen molar-refractivity contribution in [2.24, 2.45) is 0 Å². The Hall–Kier alpha value is -1.40. The minimum atomic E-state index is -0.314. The van der Waals surface area contributed by atoms with E-state index in [1.165, 1.54) is 6.33 Å². The highest BCUT2D eigenvalue weighted by Gasteiger charge is 2.11. The maximum Gasteiger partial charge on any atom is 0.259 e. The Morgan fingerprint density at radius 1 is 1.50 bits per heavy atom. The minimum Gasteiger partial charge on any atom is -0.291 e. The molecule has 0 unspecified atom stereocenters. The molecule has 16 heavy (non-hydrogen) atoms. The van der Waals surface area contributed by atoms with Gasteiger partial charge in [0.1, 0.15) is 6.33 Å². The Bertz CT molecular complexity index is 514. The van der Waals surface area contributed by atoms with Gasteiger partial charge in [-0.15, -0.1) is 0 Å². The first kappa shape index (κ1) is 11.1. The Balaban J connectivity index is 2.24. The van der Waals surface area contributed by atoms with E-state index in [1.807, 2.05) is 0 Å². The van der Waals surface area contributed by atoms with E-state index in [2.05, 4.69) is 36.4 Å². The van der Waals surface area contributed by atoms with Crippen LogP contribution in [-0.4, -0.2) is 21.1 Å². The number of benzene rings is 1. The van der Waals surface area contributed by atoms with E-state index in [9.17, 15) is 4.79 Å². The number of rotatable bonds is 2. The summed E-state index contributed by atoms with van der Waals surface area (Å²) in [5, 5.41) is 9.19. The van der Waals surface area contributed by atoms with E-state index in [-0.39, 0.29) is 11.9 Å². The number of aromatic nitrogens is 3. The van der Waals surface area contributed by atoms with Crippen LogP contribution in [0, 0.1) is 0 Å². The van der Waals surface area contributed by atoms with Crippen LogP contribution in [0.3, 0.4) is 0 Å². The number of H-pyrrole nitrogens is 1. The summed E-state index contributed by atoms with van der Waals surface area (Å²) in [5.74, 6) is -0.0250. The first-order chi connectivity index (χ1) is 7.66. The molecular weight excluding hydrogens is 295 g/mol. The molecule has 0 radical (unpaired) electrons. The second kappa shape index (κ2) is 4.63. The van der Waals surface area contributed by atoms with E-state index >= 15 is 0 Å². The average Bonchev–Trinajstić information content (AvgIpc) is 2.74. The van der Waals surface area contributed by atoms with Gasteiger partial charge in [0.25, 0.3) is 5.91 Å². The Labute approximate surface area is 104 Å². The monoisotopic (exact) mass is 300 g/mol. The Kier molecular flexibility index (Phi) is 3.21. The molecule has 1 heterocycles. The topological polar surface area (TPSA) is 70.7 Å². The summed E-state index contributed by atoms with van der Waals surface area (Å²) >= 11 is 9.08. The number of nitrogens with one attached hydrogen (secondary N) is 2. The molecule has 7 heteroatoms. The third-order valence-corrected chi connectivity index (χ3v) is 2.75. The number of nitrogens with zero attached hydrogens (tertiary/aromatic N) is 2. The number of anilines is 1. The molecule has 5 nitrogen and oxygen atoms in total. The van der Waals surface area contributed by atoms with Crippen molar-refractivity contribution >= 4 is 39.4 Å². The third-order valence-electron chi connectivity index (χ3n) is 1.82. The lowest BCUT2D eigenvalue weighted by atomic mass is 10.2. The van der Waals surface area contributed by atoms with Gasteiger partial charge in [0.2, 0.25) is 5.95 Å². The van der Waals surface area contributed by atoms with E-state index in [1.54, 1.807) is 18.2 Å². The predicted molar refractivity (Wildman–Crippen MR) is 63.5 cm³/mol. The summed E-state index contributed by atoms with van der Waals surface area (Å²) in [6.07, 6.45) is 1.31. The molecule has 0 aliphatic carbocycles. The first-order valence-corrected chi connectivity index (χ1v) is 5.45. The lowest BCUT2D eigenvalue weighted by Crippen LogP contribution is -2.13. The Morgan fingerprint density at radius 2 is 2.31 bits per heavy atom. The van der Waals surface area contributed by atoms with Crippen LogP contribution in [0.25, 0.3) is 0 Å². The third kappa shape index (κ3) is 2.40. The second-order valence-corrected chi connectivity index (χ2v) is 4.20. The van der Waals surface area contributed by atoms with Crippen molar-refractivity contribution in [1.29, 1.82) is 0 Å². The van der Waals surface area contributed by atoms with Crippen molar-refractivity contribution in [1.82, 2.24) is 15.2 Å². The lowest BCUT2D eigenvalue weighted by Gasteiger charge is -2.04. The first-order valence-electron chi connectivity index (χ1n) is 4.28. The number of aromatic amines is 1. The zero-order chi connectivity index (χ0) is 11.5. The number of hydrogen-bond acceptors (Lipinski definition) is 3. The normalized spacial score (nSPS) is 10.1. The van der Waals surface area contributed by atoms with Gasteiger partial charge in [-0.05, 0) is 34.1 Å². The SMILES string of the molecule is O=C(Nc1ncn[nH]1)c1cc(Cl)ccc1Br. The molecule has 0 saturated heterocycles. The summed E-state index contributed by atoms with van der Waals surface area (Å²) in [4.78, 5) is 15.6. The molecule has 82 valence electrons. The average molecular weight is 302 g/mol. The molecule has 0 aliphatic heterocycles. The van der Waals surface area contributed by atoms with Gasteiger partial charge < -0.3 is 0 Å². The number of carbonyl (C=O) groups excluding carboxylic acids is 1. The van der Waals surface area contributed by atoms with Crippen molar-refractivity contribution < 1.29 is 4.79 Å². The van der Waals surface area contributed by atoms with Crippen molar-refractivity contribution in [2.45, 2.75) is 0 Å². The van der Waals surface area contributed by atoms with Crippen LogP contribution in [0.15, 0.2) is 29.0 Å². The number of carbonyl (C=O) groups is 1. The van der Waals surface area contributed by atoms with Crippen molar-refractivity contribution in [3.05, 3.63) is 39.6 Å². The molecule has 0 fully saturated rings. The van der Waals surface area contributed by atoms with Crippen LogP contribution in [0.5, 0.6) is 0 Å². The molecule has 2 N–H and O–H groups in total. The van der Waals surface area contributed by atoms with Crippen LogP contribution in [-0.2, 0) is 0 Å². The van der Waals surface area contributed by atoms with E-state index in [0.29, 0.717) is 15.1 Å². The number of hydrogen-bond donors (Lipinski definition) is 2.